The van der Waals surface area contributed by atoms with Crippen LogP contribution in [0.3, 0.4) is 0 Å². The van der Waals surface area contributed by atoms with Crippen molar-refractivity contribution in [2.45, 2.75) is 77.7 Å². The fraction of sp³-hybridized carbons (Fsp3) is 0.857. The first-order chi connectivity index (χ1) is 8.48. The summed E-state index contributed by atoms with van der Waals surface area (Å²) in [5.41, 5.74) is -1.02. The Labute approximate surface area is 115 Å². The SMILES string of the molecule is CC(C)(C)OC(=O)C1CCC(C(=O)OC(C)(C)C)N1. The van der Waals surface area contributed by atoms with Crippen LogP contribution in [0.4, 0.5) is 0 Å². The maximum Gasteiger partial charge on any atom is 0.323 e. The summed E-state index contributed by atoms with van der Waals surface area (Å²) in [4.78, 5) is 23.8. The van der Waals surface area contributed by atoms with Crippen LogP contribution in [0.1, 0.15) is 54.4 Å². The van der Waals surface area contributed by atoms with Crippen molar-refractivity contribution in [3.63, 3.8) is 0 Å². The van der Waals surface area contributed by atoms with Crippen LogP contribution in [-0.2, 0) is 19.1 Å². The van der Waals surface area contributed by atoms with Gasteiger partial charge in [0.25, 0.3) is 0 Å². The standard InChI is InChI=1S/C14H25NO4/c1-13(2,3)18-11(16)9-7-8-10(15-9)12(17)19-14(4,5)6/h9-10,15H,7-8H2,1-6H3. The highest BCUT2D eigenvalue weighted by Crippen LogP contribution is 2.19. The average Bonchev–Trinajstić information content (AvgIpc) is 2.60. The molecule has 1 fully saturated rings. The van der Waals surface area contributed by atoms with Crippen LogP contribution in [0.2, 0.25) is 0 Å². The van der Waals surface area contributed by atoms with Crippen molar-refractivity contribution in [2.75, 3.05) is 0 Å². The highest BCUT2D eigenvalue weighted by atomic mass is 16.6. The summed E-state index contributed by atoms with van der Waals surface area (Å²) in [6.45, 7) is 10.9. The van der Waals surface area contributed by atoms with Gasteiger partial charge in [-0.1, -0.05) is 0 Å². The molecular formula is C14H25NO4. The maximum absolute atomic E-state index is 11.9. The Hall–Kier alpha value is -1.10. The summed E-state index contributed by atoms with van der Waals surface area (Å²) in [5.74, 6) is -0.614. The highest BCUT2D eigenvalue weighted by Gasteiger charge is 2.37. The van der Waals surface area contributed by atoms with Crippen LogP contribution in [0, 0.1) is 0 Å². The predicted octanol–water partition coefficient (Wildman–Crippen LogP) is 1.79. The number of hydrogen-bond acceptors (Lipinski definition) is 5. The summed E-state index contributed by atoms with van der Waals surface area (Å²) < 4.78 is 10.6. The number of rotatable bonds is 2. The third-order valence-corrected chi connectivity index (χ3v) is 2.53. The fourth-order valence-corrected chi connectivity index (χ4v) is 1.86. The lowest BCUT2D eigenvalue weighted by molar-refractivity contribution is -0.158. The van der Waals surface area contributed by atoms with Crippen molar-refractivity contribution in [2.24, 2.45) is 0 Å². The van der Waals surface area contributed by atoms with Crippen LogP contribution in [0.15, 0.2) is 0 Å². The molecule has 0 saturated carbocycles. The molecule has 0 radical (unpaired) electrons. The maximum atomic E-state index is 11.9. The molecule has 0 aliphatic carbocycles. The third-order valence-electron chi connectivity index (χ3n) is 2.53. The molecule has 2 atom stereocenters. The van der Waals surface area contributed by atoms with Gasteiger partial charge in [0, 0.05) is 0 Å². The molecule has 1 rings (SSSR count). The lowest BCUT2D eigenvalue weighted by Gasteiger charge is -2.24. The van der Waals surface area contributed by atoms with Gasteiger partial charge in [-0.2, -0.15) is 0 Å². The van der Waals surface area contributed by atoms with Crippen LogP contribution >= 0.6 is 0 Å². The Morgan fingerprint density at radius 3 is 1.42 bits per heavy atom. The molecule has 110 valence electrons. The molecule has 1 heterocycles. The molecular weight excluding hydrogens is 246 g/mol. The van der Waals surface area contributed by atoms with Crippen molar-refractivity contribution in [1.82, 2.24) is 5.32 Å². The first kappa shape index (κ1) is 16.0. The Balaban J connectivity index is 2.50. The molecule has 2 unspecified atom stereocenters. The van der Waals surface area contributed by atoms with Crippen LogP contribution in [-0.4, -0.2) is 35.2 Å². The van der Waals surface area contributed by atoms with E-state index >= 15 is 0 Å². The first-order valence-electron chi connectivity index (χ1n) is 6.70. The lowest BCUT2D eigenvalue weighted by atomic mass is 10.1. The minimum atomic E-state index is -0.511. The van der Waals surface area contributed by atoms with E-state index in [0.717, 1.165) is 0 Å². The van der Waals surface area contributed by atoms with Gasteiger partial charge in [-0.05, 0) is 54.4 Å². The monoisotopic (exact) mass is 271 g/mol. The number of carbonyl (C=O) groups is 2. The first-order valence-corrected chi connectivity index (χ1v) is 6.70. The van der Waals surface area contributed by atoms with E-state index in [-0.39, 0.29) is 11.9 Å². The second-order valence-electron chi connectivity index (χ2n) is 6.92. The van der Waals surface area contributed by atoms with Crippen molar-refractivity contribution in [3.05, 3.63) is 0 Å². The van der Waals surface area contributed by atoms with Gasteiger partial charge >= 0.3 is 11.9 Å². The highest BCUT2D eigenvalue weighted by molar-refractivity contribution is 5.81. The zero-order valence-electron chi connectivity index (χ0n) is 12.7. The number of ether oxygens (including phenoxy) is 2. The topological polar surface area (TPSA) is 64.6 Å². The fourth-order valence-electron chi connectivity index (χ4n) is 1.86. The number of carbonyl (C=O) groups excluding carboxylic acids is 2. The van der Waals surface area contributed by atoms with Crippen molar-refractivity contribution < 1.29 is 19.1 Å². The summed E-state index contributed by atoms with van der Waals surface area (Å²) in [7, 11) is 0. The second kappa shape index (κ2) is 5.49. The quantitative estimate of drug-likeness (QED) is 0.776. The summed E-state index contributed by atoms with van der Waals surface area (Å²) in [6, 6.07) is -0.839. The zero-order valence-corrected chi connectivity index (χ0v) is 12.7. The molecule has 1 aliphatic rings. The molecule has 19 heavy (non-hydrogen) atoms. The van der Waals surface area contributed by atoms with E-state index in [1.165, 1.54) is 0 Å². The van der Waals surface area contributed by atoms with Crippen molar-refractivity contribution >= 4 is 11.9 Å². The molecule has 0 aromatic heterocycles. The lowest BCUT2D eigenvalue weighted by Crippen LogP contribution is -2.44. The Bertz CT molecular complexity index is 317. The van der Waals surface area contributed by atoms with E-state index < -0.39 is 23.3 Å². The van der Waals surface area contributed by atoms with Gasteiger partial charge < -0.3 is 9.47 Å². The van der Waals surface area contributed by atoms with Gasteiger partial charge in [-0.3, -0.25) is 14.9 Å². The van der Waals surface area contributed by atoms with E-state index in [9.17, 15) is 9.59 Å². The van der Waals surface area contributed by atoms with Crippen LogP contribution < -0.4 is 5.32 Å². The molecule has 0 bridgehead atoms. The number of nitrogens with one attached hydrogen (secondary N) is 1. The van der Waals surface area contributed by atoms with E-state index in [2.05, 4.69) is 5.32 Å². The molecule has 1 saturated heterocycles. The van der Waals surface area contributed by atoms with Gasteiger partial charge in [-0.15, -0.1) is 0 Å². The van der Waals surface area contributed by atoms with E-state index in [0.29, 0.717) is 12.8 Å². The number of hydrogen-bond donors (Lipinski definition) is 1. The Morgan fingerprint density at radius 1 is 0.842 bits per heavy atom. The second-order valence-corrected chi connectivity index (χ2v) is 6.92. The third kappa shape index (κ3) is 5.59. The molecule has 1 N–H and O–H groups in total. The number of esters is 2. The molecule has 5 nitrogen and oxygen atoms in total. The van der Waals surface area contributed by atoms with Gasteiger partial charge in [0.15, 0.2) is 0 Å². The van der Waals surface area contributed by atoms with E-state index in [1.54, 1.807) is 0 Å². The Morgan fingerprint density at radius 2 is 1.16 bits per heavy atom. The molecule has 0 aromatic rings. The normalized spacial score (nSPS) is 24.1. The largest absolute Gasteiger partial charge is 0.459 e. The predicted molar refractivity (Wildman–Crippen MR) is 71.6 cm³/mol. The smallest absolute Gasteiger partial charge is 0.323 e. The molecule has 0 spiro atoms. The zero-order chi connectivity index (χ0) is 14.8. The molecule has 1 aliphatic heterocycles. The average molecular weight is 271 g/mol. The van der Waals surface area contributed by atoms with Crippen molar-refractivity contribution in [1.29, 1.82) is 0 Å². The summed E-state index contributed by atoms with van der Waals surface area (Å²) in [5, 5.41) is 2.99. The van der Waals surface area contributed by atoms with Gasteiger partial charge in [-0.25, -0.2) is 0 Å². The van der Waals surface area contributed by atoms with Gasteiger partial charge in [0.2, 0.25) is 0 Å². The Kier molecular flexibility index (Phi) is 4.61. The minimum absolute atomic E-state index is 0.307. The van der Waals surface area contributed by atoms with Crippen LogP contribution in [0.5, 0.6) is 0 Å². The van der Waals surface area contributed by atoms with Gasteiger partial charge in [0.1, 0.15) is 23.3 Å². The van der Waals surface area contributed by atoms with E-state index in [4.69, 9.17) is 9.47 Å². The minimum Gasteiger partial charge on any atom is -0.459 e. The summed E-state index contributed by atoms with van der Waals surface area (Å²) >= 11 is 0. The van der Waals surface area contributed by atoms with Crippen molar-refractivity contribution in [3.8, 4) is 0 Å². The van der Waals surface area contributed by atoms with Crippen LogP contribution in [0.25, 0.3) is 0 Å². The molecule has 5 heteroatoms. The van der Waals surface area contributed by atoms with Gasteiger partial charge in [0.05, 0.1) is 0 Å². The summed E-state index contributed by atoms with van der Waals surface area (Å²) in [6.07, 6.45) is 1.19. The molecule has 0 amide bonds. The van der Waals surface area contributed by atoms with E-state index in [1.807, 2.05) is 41.5 Å². The molecule has 0 aromatic carbocycles.